The van der Waals surface area contributed by atoms with Crippen LogP contribution >= 0.6 is 0 Å². The first-order chi connectivity index (χ1) is 15.4. The quantitative estimate of drug-likeness (QED) is 0.488. The minimum absolute atomic E-state index is 0.138. The van der Waals surface area contributed by atoms with Gasteiger partial charge in [-0.15, -0.1) is 0 Å². The Balaban J connectivity index is 1.92. The topological polar surface area (TPSA) is 76.6 Å². The summed E-state index contributed by atoms with van der Waals surface area (Å²) >= 11 is 0. The van der Waals surface area contributed by atoms with Crippen molar-refractivity contribution in [1.82, 2.24) is 9.13 Å². The van der Waals surface area contributed by atoms with E-state index in [1.54, 1.807) is 0 Å². The summed E-state index contributed by atoms with van der Waals surface area (Å²) in [7, 11) is 0. The van der Waals surface area contributed by atoms with Crippen molar-refractivity contribution >= 4 is 0 Å². The van der Waals surface area contributed by atoms with Gasteiger partial charge in [-0.2, -0.15) is 17.6 Å². The van der Waals surface area contributed by atoms with E-state index in [4.69, 9.17) is 0 Å². The number of hydrogen-bond donors (Lipinski definition) is 2. The van der Waals surface area contributed by atoms with Crippen molar-refractivity contribution in [1.29, 1.82) is 0 Å². The highest BCUT2D eigenvalue weighted by molar-refractivity contribution is 5.37. The lowest BCUT2D eigenvalue weighted by molar-refractivity contribution is -0.253. The maximum atomic E-state index is 14.3. The normalized spacial score (nSPS) is 14.8. The van der Waals surface area contributed by atoms with Gasteiger partial charge in [0.1, 0.15) is 23.0 Å². The molecule has 0 aliphatic heterocycles. The van der Waals surface area contributed by atoms with E-state index in [0.29, 0.717) is 6.07 Å². The summed E-state index contributed by atoms with van der Waals surface area (Å²) in [5.41, 5.74) is -3.35. The van der Waals surface area contributed by atoms with Gasteiger partial charge in [0.25, 0.3) is 0 Å². The maximum absolute atomic E-state index is 14.3. The number of ether oxygens (including phenoxy) is 1. The molecule has 1 aromatic heterocycles. The first kappa shape index (κ1) is 24.4. The summed E-state index contributed by atoms with van der Waals surface area (Å²) in [6.07, 6.45) is -6.25. The van der Waals surface area contributed by atoms with Crippen LogP contribution in [0.15, 0.2) is 59.7 Å². The second-order valence-corrected chi connectivity index (χ2v) is 7.20. The monoisotopic (exact) mass is 476 g/mol. The molecule has 0 aliphatic carbocycles. The van der Waals surface area contributed by atoms with Gasteiger partial charge in [0.2, 0.25) is 0 Å². The maximum Gasteiger partial charge on any atom is 0.461 e. The summed E-state index contributed by atoms with van der Waals surface area (Å²) in [6, 6.07) is 5.36. The zero-order chi connectivity index (χ0) is 24.6. The number of aromatic nitrogens is 2. The average molecular weight is 476 g/mol. The Hall–Kier alpha value is -3.25. The van der Waals surface area contributed by atoms with Crippen LogP contribution < -0.4 is 10.4 Å². The first-order valence-electron chi connectivity index (χ1n) is 9.44. The molecule has 0 bridgehead atoms. The molecule has 0 saturated heterocycles. The molecule has 0 fully saturated rings. The van der Waals surface area contributed by atoms with Crippen molar-refractivity contribution in [3.63, 3.8) is 0 Å². The lowest BCUT2D eigenvalue weighted by atomic mass is 9.87. The molecule has 12 heteroatoms. The molecule has 0 spiro atoms. The van der Waals surface area contributed by atoms with Gasteiger partial charge in [-0.25, -0.2) is 13.6 Å². The molecule has 0 amide bonds. The summed E-state index contributed by atoms with van der Waals surface area (Å²) < 4.78 is 84.1. The van der Waals surface area contributed by atoms with Crippen LogP contribution in [0.1, 0.15) is 18.5 Å². The van der Waals surface area contributed by atoms with Crippen molar-refractivity contribution in [2.75, 3.05) is 6.61 Å². The molecule has 0 aliphatic rings. The minimum atomic E-state index is -4.69. The molecule has 0 saturated carbocycles. The molecule has 2 N–H and O–H groups in total. The van der Waals surface area contributed by atoms with E-state index in [2.05, 4.69) is 4.74 Å². The van der Waals surface area contributed by atoms with Gasteiger partial charge in [0, 0.05) is 24.0 Å². The highest BCUT2D eigenvalue weighted by atomic mass is 19.3. The van der Waals surface area contributed by atoms with E-state index in [1.165, 1.54) is 19.3 Å². The molecule has 0 unspecified atom stereocenters. The van der Waals surface area contributed by atoms with E-state index in [-0.39, 0.29) is 5.69 Å². The SMILES string of the molecule is C[C@@H](n1ccn(-c2ccc(OC(F)(F)C(F)F)cc2)c1=O)[C@@](O)(CO)c1ccc(F)cc1F. The van der Waals surface area contributed by atoms with Crippen molar-refractivity contribution in [2.24, 2.45) is 0 Å². The van der Waals surface area contributed by atoms with Crippen molar-refractivity contribution in [3.05, 3.63) is 82.5 Å². The van der Waals surface area contributed by atoms with Crippen LogP contribution in [-0.4, -0.2) is 38.5 Å². The van der Waals surface area contributed by atoms with Crippen molar-refractivity contribution < 1.29 is 41.3 Å². The Kier molecular flexibility index (Phi) is 6.61. The summed E-state index contributed by atoms with van der Waals surface area (Å²) in [5.74, 6) is -2.58. The van der Waals surface area contributed by atoms with Gasteiger partial charge >= 0.3 is 18.2 Å². The number of hydrogen-bond acceptors (Lipinski definition) is 4. The Morgan fingerprint density at radius 3 is 2.24 bits per heavy atom. The molecule has 2 atom stereocenters. The molecular weight excluding hydrogens is 458 g/mol. The number of nitrogens with zero attached hydrogens (tertiary/aromatic N) is 2. The molecular formula is C21H18F6N2O4. The lowest BCUT2D eigenvalue weighted by Gasteiger charge is -2.33. The molecule has 3 rings (SSSR count). The van der Waals surface area contributed by atoms with Crippen LogP contribution in [-0.2, 0) is 5.60 Å². The zero-order valence-electron chi connectivity index (χ0n) is 16.9. The Morgan fingerprint density at radius 2 is 1.70 bits per heavy atom. The third-order valence-corrected chi connectivity index (χ3v) is 5.17. The van der Waals surface area contributed by atoms with Crippen LogP contribution in [0.4, 0.5) is 26.3 Å². The van der Waals surface area contributed by atoms with Crippen LogP contribution in [0, 0.1) is 11.6 Å². The number of imidazole rings is 1. The fourth-order valence-electron chi connectivity index (χ4n) is 3.27. The summed E-state index contributed by atoms with van der Waals surface area (Å²) in [6.45, 7) is 0.326. The molecule has 2 aromatic carbocycles. The van der Waals surface area contributed by atoms with Crippen LogP contribution in [0.3, 0.4) is 0 Å². The number of alkyl halides is 4. The third kappa shape index (κ3) is 4.62. The molecule has 3 aromatic rings. The highest BCUT2D eigenvalue weighted by Crippen LogP contribution is 2.34. The smallest absolute Gasteiger partial charge is 0.428 e. The van der Waals surface area contributed by atoms with Crippen LogP contribution in [0.2, 0.25) is 0 Å². The number of halogens is 6. The van der Waals surface area contributed by atoms with Gasteiger partial charge in [0.15, 0.2) is 0 Å². The Bertz CT molecular complexity index is 1180. The van der Waals surface area contributed by atoms with Gasteiger partial charge in [-0.3, -0.25) is 9.13 Å². The van der Waals surface area contributed by atoms with Crippen molar-refractivity contribution in [2.45, 2.75) is 31.1 Å². The van der Waals surface area contributed by atoms with E-state index < -0.39 is 59.4 Å². The second kappa shape index (κ2) is 8.94. The predicted molar refractivity (Wildman–Crippen MR) is 104 cm³/mol. The fourth-order valence-corrected chi connectivity index (χ4v) is 3.27. The van der Waals surface area contributed by atoms with E-state index >= 15 is 0 Å². The zero-order valence-corrected chi connectivity index (χ0v) is 16.9. The molecule has 1 heterocycles. The number of rotatable bonds is 8. The van der Waals surface area contributed by atoms with Gasteiger partial charge in [0.05, 0.1) is 18.3 Å². The number of aliphatic hydroxyl groups is 2. The standard InChI is InChI=1S/C21H18F6N2O4/c1-12(20(32,11-30)16-7-2-13(22)10-17(16)23)28-8-9-29(19(28)31)14-3-5-15(6-4-14)33-21(26,27)18(24)25/h2-10,12,18,30,32H,11H2,1H3/t12-,20+/m1/s1. The average Bonchev–Trinajstić information content (AvgIpc) is 3.14. The molecule has 6 nitrogen and oxygen atoms in total. The first-order valence-corrected chi connectivity index (χ1v) is 9.44. The third-order valence-electron chi connectivity index (χ3n) is 5.17. The van der Waals surface area contributed by atoms with E-state index in [1.807, 2.05) is 0 Å². The molecule has 0 radical (unpaired) electrons. The second-order valence-electron chi connectivity index (χ2n) is 7.20. The Morgan fingerprint density at radius 1 is 1.06 bits per heavy atom. The molecule has 178 valence electrons. The summed E-state index contributed by atoms with van der Waals surface area (Å²) in [4.78, 5) is 12.9. The number of aliphatic hydroxyl groups excluding tert-OH is 1. The van der Waals surface area contributed by atoms with Gasteiger partial charge < -0.3 is 14.9 Å². The van der Waals surface area contributed by atoms with Crippen LogP contribution in [0.25, 0.3) is 5.69 Å². The van der Waals surface area contributed by atoms with E-state index in [9.17, 15) is 41.4 Å². The van der Waals surface area contributed by atoms with Crippen molar-refractivity contribution in [3.8, 4) is 11.4 Å². The van der Waals surface area contributed by atoms with E-state index in [0.717, 1.165) is 45.5 Å². The summed E-state index contributed by atoms with van der Waals surface area (Å²) in [5, 5.41) is 20.7. The minimum Gasteiger partial charge on any atom is -0.428 e. The fraction of sp³-hybridized carbons (Fsp3) is 0.286. The number of benzene rings is 2. The largest absolute Gasteiger partial charge is 0.461 e. The van der Waals surface area contributed by atoms with Gasteiger partial charge in [-0.05, 0) is 37.3 Å². The Labute approximate surface area is 182 Å². The van der Waals surface area contributed by atoms with Crippen LogP contribution in [0.5, 0.6) is 5.75 Å². The predicted octanol–water partition coefficient (Wildman–Crippen LogP) is 3.60. The van der Waals surface area contributed by atoms with Gasteiger partial charge in [-0.1, -0.05) is 6.07 Å². The molecule has 33 heavy (non-hydrogen) atoms. The highest BCUT2D eigenvalue weighted by Gasteiger charge is 2.44. The lowest BCUT2D eigenvalue weighted by Crippen LogP contribution is -2.43.